The molecule has 1 aromatic carbocycles. The van der Waals surface area contributed by atoms with E-state index in [4.69, 9.17) is 9.84 Å². The lowest BCUT2D eigenvalue weighted by Crippen LogP contribution is -2.14. The summed E-state index contributed by atoms with van der Waals surface area (Å²) in [5.74, 6) is -1.08. The Morgan fingerprint density at radius 2 is 2.00 bits per heavy atom. The van der Waals surface area contributed by atoms with Gasteiger partial charge in [-0.05, 0) is 31.2 Å². The van der Waals surface area contributed by atoms with E-state index in [-0.39, 0.29) is 11.6 Å². The van der Waals surface area contributed by atoms with E-state index in [0.29, 0.717) is 17.0 Å². The standard InChI is InChI=1S/C15H14N2O4/c1-9-3-4-13(21-2)11(7-9)14(18)17-10-5-6-16-12(8-10)15(19)20/h3-8H,1-2H3,(H,19,20)(H,16,17,18). The van der Waals surface area contributed by atoms with E-state index < -0.39 is 5.97 Å². The first kappa shape index (κ1) is 14.5. The van der Waals surface area contributed by atoms with Crippen LogP contribution in [0.2, 0.25) is 0 Å². The first-order valence-corrected chi connectivity index (χ1v) is 6.16. The average Bonchev–Trinajstić information content (AvgIpc) is 2.47. The Hall–Kier alpha value is -2.89. The molecule has 0 radical (unpaired) electrons. The van der Waals surface area contributed by atoms with Crippen LogP contribution in [0.5, 0.6) is 5.75 Å². The molecule has 0 aliphatic heterocycles. The Balaban J connectivity index is 2.28. The van der Waals surface area contributed by atoms with Crippen molar-refractivity contribution in [3.8, 4) is 5.75 Å². The number of carboxylic acids is 1. The predicted octanol–water partition coefficient (Wildman–Crippen LogP) is 2.35. The van der Waals surface area contributed by atoms with Crippen molar-refractivity contribution >= 4 is 17.6 Å². The number of amides is 1. The number of nitrogens with zero attached hydrogens (tertiary/aromatic N) is 1. The van der Waals surface area contributed by atoms with Crippen molar-refractivity contribution in [3.63, 3.8) is 0 Å². The van der Waals surface area contributed by atoms with Crippen LogP contribution < -0.4 is 10.1 Å². The maximum absolute atomic E-state index is 12.3. The third kappa shape index (κ3) is 3.36. The highest BCUT2D eigenvalue weighted by atomic mass is 16.5. The van der Waals surface area contributed by atoms with Crippen LogP contribution in [0.15, 0.2) is 36.5 Å². The molecule has 2 N–H and O–H groups in total. The highest BCUT2D eigenvalue weighted by molar-refractivity contribution is 6.06. The van der Waals surface area contributed by atoms with Gasteiger partial charge in [-0.3, -0.25) is 4.79 Å². The summed E-state index contributed by atoms with van der Waals surface area (Å²) in [6.07, 6.45) is 1.33. The molecule has 0 saturated heterocycles. The van der Waals surface area contributed by atoms with Gasteiger partial charge in [0.2, 0.25) is 0 Å². The zero-order valence-corrected chi connectivity index (χ0v) is 11.6. The highest BCUT2D eigenvalue weighted by Gasteiger charge is 2.13. The molecule has 1 heterocycles. The fourth-order valence-corrected chi connectivity index (χ4v) is 1.82. The Bertz CT molecular complexity index is 698. The molecule has 1 amide bonds. The van der Waals surface area contributed by atoms with E-state index in [1.807, 2.05) is 13.0 Å². The van der Waals surface area contributed by atoms with Crippen LogP contribution in [0.25, 0.3) is 0 Å². The third-order valence-corrected chi connectivity index (χ3v) is 2.84. The van der Waals surface area contributed by atoms with Gasteiger partial charge < -0.3 is 15.2 Å². The Morgan fingerprint density at radius 1 is 1.24 bits per heavy atom. The summed E-state index contributed by atoms with van der Waals surface area (Å²) in [5, 5.41) is 11.5. The number of carbonyl (C=O) groups is 2. The van der Waals surface area contributed by atoms with E-state index in [1.54, 1.807) is 12.1 Å². The molecule has 0 unspecified atom stereocenters. The van der Waals surface area contributed by atoms with Crippen LogP contribution in [-0.4, -0.2) is 29.1 Å². The average molecular weight is 286 g/mol. The zero-order valence-electron chi connectivity index (χ0n) is 11.6. The van der Waals surface area contributed by atoms with Gasteiger partial charge in [0.1, 0.15) is 11.4 Å². The minimum absolute atomic E-state index is 0.135. The number of aryl methyl sites for hydroxylation is 1. The zero-order chi connectivity index (χ0) is 15.4. The van der Waals surface area contributed by atoms with Gasteiger partial charge in [0.25, 0.3) is 5.91 Å². The maximum Gasteiger partial charge on any atom is 0.354 e. The Morgan fingerprint density at radius 3 is 2.67 bits per heavy atom. The number of hydrogen-bond acceptors (Lipinski definition) is 4. The number of pyridine rings is 1. The molecule has 0 saturated carbocycles. The second kappa shape index (κ2) is 6.04. The molecule has 0 spiro atoms. The lowest BCUT2D eigenvalue weighted by Gasteiger charge is -2.10. The van der Waals surface area contributed by atoms with Crippen LogP contribution in [0.4, 0.5) is 5.69 Å². The summed E-state index contributed by atoms with van der Waals surface area (Å²) >= 11 is 0. The first-order valence-electron chi connectivity index (χ1n) is 6.16. The van der Waals surface area contributed by atoms with Crippen LogP contribution >= 0.6 is 0 Å². The molecule has 2 rings (SSSR count). The number of aromatic carboxylic acids is 1. The van der Waals surface area contributed by atoms with Gasteiger partial charge in [0, 0.05) is 11.9 Å². The normalized spacial score (nSPS) is 10.0. The Kier molecular flexibility index (Phi) is 4.18. The lowest BCUT2D eigenvalue weighted by molar-refractivity contribution is 0.0690. The van der Waals surface area contributed by atoms with Gasteiger partial charge in [-0.1, -0.05) is 11.6 Å². The molecule has 0 fully saturated rings. The minimum Gasteiger partial charge on any atom is -0.496 e. The van der Waals surface area contributed by atoms with Crippen molar-refractivity contribution in [2.45, 2.75) is 6.92 Å². The number of carbonyl (C=O) groups excluding carboxylic acids is 1. The van der Waals surface area contributed by atoms with Gasteiger partial charge in [-0.15, -0.1) is 0 Å². The van der Waals surface area contributed by atoms with Gasteiger partial charge in [0.15, 0.2) is 0 Å². The number of benzene rings is 1. The number of ether oxygens (including phenoxy) is 1. The number of carboxylic acid groups (broad SMARTS) is 1. The summed E-state index contributed by atoms with van der Waals surface area (Å²) in [6, 6.07) is 8.06. The summed E-state index contributed by atoms with van der Waals surface area (Å²) in [4.78, 5) is 26.8. The quantitative estimate of drug-likeness (QED) is 0.900. The van der Waals surface area contributed by atoms with E-state index >= 15 is 0 Å². The topological polar surface area (TPSA) is 88.5 Å². The van der Waals surface area contributed by atoms with Crippen LogP contribution in [0.3, 0.4) is 0 Å². The van der Waals surface area contributed by atoms with Gasteiger partial charge in [-0.2, -0.15) is 0 Å². The highest BCUT2D eigenvalue weighted by Crippen LogP contribution is 2.21. The SMILES string of the molecule is COc1ccc(C)cc1C(=O)Nc1ccnc(C(=O)O)c1. The number of anilines is 1. The van der Waals surface area contributed by atoms with E-state index in [2.05, 4.69) is 10.3 Å². The molecule has 2 aromatic rings. The summed E-state index contributed by atoms with van der Waals surface area (Å²) in [6.45, 7) is 1.87. The van der Waals surface area contributed by atoms with Gasteiger partial charge >= 0.3 is 5.97 Å². The van der Waals surface area contributed by atoms with Gasteiger partial charge in [-0.25, -0.2) is 9.78 Å². The Labute approximate surface area is 121 Å². The molecule has 0 aliphatic carbocycles. The van der Waals surface area contributed by atoms with E-state index in [9.17, 15) is 9.59 Å². The largest absolute Gasteiger partial charge is 0.496 e. The molecule has 21 heavy (non-hydrogen) atoms. The molecule has 6 heteroatoms. The minimum atomic E-state index is -1.15. The van der Waals surface area contributed by atoms with Crippen molar-refractivity contribution in [1.82, 2.24) is 4.98 Å². The second-order valence-electron chi connectivity index (χ2n) is 4.39. The first-order chi connectivity index (χ1) is 10.0. The number of methoxy groups -OCH3 is 1. The molecule has 0 atom stereocenters. The van der Waals surface area contributed by atoms with Crippen LogP contribution in [-0.2, 0) is 0 Å². The molecule has 1 aromatic heterocycles. The van der Waals surface area contributed by atoms with E-state index in [0.717, 1.165) is 5.56 Å². The number of rotatable bonds is 4. The number of hydrogen-bond donors (Lipinski definition) is 2. The molecule has 0 aliphatic rings. The summed E-state index contributed by atoms with van der Waals surface area (Å²) in [5.41, 5.74) is 1.52. The summed E-state index contributed by atoms with van der Waals surface area (Å²) in [7, 11) is 1.48. The molecule has 0 bridgehead atoms. The smallest absolute Gasteiger partial charge is 0.354 e. The maximum atomic E-state index is 12.3. The fourth-order valence-electron chi connectivity index (χ4n) is 1.82. The number of aromatic nitrogens is 1. The van der Waals surface area contributed by atoms with Crippen LogP contribution in [0.1, 0.15) is 26.4 Å². The van der Waals surface area contributed by atoms with E-state index in [1.165, 1.54) is 25.4 Å². The monoisotopic (exact) mass is 286 g/mol. The molecule has 108 valence electrons. The van der Waals surface area contributed by atoms with Crippen LogP contribution in [0, 0.1) is 6.92 Å². The van der Waals surface area contributed by atoms with Crippen molar-refractivity contribution in [2.75, 3.05) is 12.4 Å². The van der Waals surface area contributed by atoms with Gasteiger partial charge in [0.05, 0.1) is 12.7 Å². The van der Waals surface area contributed by atoms with Crippen molar-refractivity contribution < 1.29 is 19.4 Å². The molecular formula is C15H14N2O4. The van der Waals surface area contributed by atoms with Crippen molar-refractivity contribution in [2.24, 2.45) is 0 Å². The molecule has 6 nitrogen and oxygen atoms in total. The van der Waals surface area contributed by atoms with Crippen molar-refractivity contribution in [1.29, 1.82) is 0 Å². The summed E-state index contributed by atoms with van der Waals surface area (Å²) < 4.78 is 5.15. The fraction of sp³-hybridized carbons (Fsp3) is 0.133. The molecular weight excluding hydrogens is 272 g/mol. The number of nitrogens with one attached hydrogen (secondary N) is 1. The lowest BCUT2D eigenvalue weighted by atomic mass is 10.1. The predicted molar refractivity (Wildman–Crippen MR) is 76.9 cm³/mol. The van der Waals surface area contributed by atoms with Crippen molar-refractivity contribution in [3.05, 3.63) is 53.3 Å². The second-order valence-corrected chi connectivity index (χ2v) is 4.39. The third-order valence-electron chi connectivity index (χ3n) is 2.84.